The fourth-order valence-electron chi connectivity index (χ4n) is 2.54. The van der Waals surface area contributed by atoms with Crippen LogP contribution in [0.1, 0.15) is 11.1 Å². The van der Waals surface area contributed by atoms with E-state index in [0.717, 1.165) is 33.5 Å². The van der Waals surface area contributed by atoms with Gasteiger partial charge in [-0.1, -0.05) is 40.2 Å². The Bertz CT molecular complexity index is 893. The summed E-state index contributed by atoms with van der Waals surface area (Å²) in [5, 5.41) is 6.19. The molecule has 3 aromatic carbocycles. The lowest BCUT2D eigenvalue weighted by Crippen LogP contribution is -2.20. The summed E-state index contributed by atoms with van der Waals surface area (Å²) in [6.07, 6.45) is 0. The Kier molecular flexibility index (Phi) is 6.49. The largest absolute Gasteiger partial charge is 0.484 e. The summed E-state index contributed by atoms with van der Waals surface area (Å²) < 4.78 is 6.62. The van der Waals surface area contributed by atoms with Crippen LogP contribution in [0.25, 0.3) is 0 Å². The maximum Gasteiger partial charge on any atom is 0.262 e. The number of hydrogen-bond donors (Lipinski definition) is 2. The van der Waals surface area contributed by atoms with Gasteiger partial charge in [-0.25, -0.2) is 0 Å². The third kappa shape index (κ3) is 6.15. The molecule has 0 saturated carbocycles. The first-order valence-corrected chi connectivity index (χ1v) is 9.45. The van der Waals surface area contributed by atoms with Gasteiger partial charge in [0.1, 0.15) is 5.75 Å². The van der Waals surface area contributed by atoms with E-state index in [9.17, 15) is 4.79 Å². The Morgan fingerprint density at radius 3 is 2.41 bits per heavy atom. The van der Waals surface area contributed by atoms with Crippen LogP contribution in [0.15, 0.2) is 77.3 Å². The molecule has 1 amide bonds. The first kappa shape index (κ1) is 19.0. The van der Waals surface area contributed by atoms with Crippen LogP contribution in [0, 0.1) is 6.92 Å². The Labute approximate surface area is 167 Å². The van der Waals surface area contributed by atoms with Gasteiger partial charge in [0.2, 0.25) is 0 Å². The Morgan fingerprint density at radius 2 is 1.70 bits per heavy atom. The first-order chi connectivity index (χ1) is 13.1. The molecular formula is C22H21BrN2O2. The molecule has 2 N–H and O–H groups in total. The highest BCUT2D eigenvalue weighted by Crippen LogP contribution is 2.17. The topological polar surface area (TPSA) is 50.4 Å². The van der Waals surface area contributed by atoms with Crippen LogP contribution in [0.4, 0.5) is 11.4 Å². The van der Waals surface area contributed by atoms with Crippen LogP contribution in [0.2, 0.25) is 0 Å². The summed E-state index contributed by atoms with van der Waals surface area (Å²) in [4.78, 5) is 12.0. The lowest BCUT2D eigenvalue weighted by molar-refractivity contribution is -0.118. The molecule has 0 saturated heterocycles. The zero-order chi connectivity index (χ0) is 19.1. The molecule has 0 aliphatic carbocycles. The van der Waals surface area contributed by atoms with Crippen molar-refractivity contribution < 1.29 is 9.53 Å². The Morgan fingerprint density at radius 1 is 0.963 bits per heavy atom. The molecule has 0 aliphatic heterocycles. The SMILES string of the molecule is Cc1cccc(NC(=O)COc2ccc(CNc3ccc(Br)cc3)cc2)c1. The van der Waals surface area contributed by atoms with E-state index in [4.69, 9.17) is 4.74 Å². The van der Waals surface area contributed by atoms with Crippen molar-refractivity contribution in [1.82, 2.24) is 0 Å². The second kappa shape index (κ2) is 9.24. The van der Waals surface area contributed by atoms with E-state index in [2.05, 4.69) is 26.6 Å². The number of hydrogen-bond acceptors (Lipinski definition) is 3. The van der Waals surface area contributed by atoms with Gasteiger partial charge in [0.15, 0.2) is 6.61 Å². The Balaban J connectivity index is 1.45. The second-order valence-corrected chi connectivity index (χ2v) is 7.13. The smallest absolute Gasteiger partial charge is 0.262 e. The van der Waals surface area contributed by atoms with E-state index in [1.807, 2.05) is 79.7 Å². The second-order valence-electron chi connectivity index (χ2n) is 6.21. The number of rotatable bonds is 7. The number of carbonyl (C=O) groups excluding carboxylic acids is 1. The lowest BCUT2D eigenvalue weighted by Gasteiger charge is -2.10. The first-order valence-electron chi connectivity index (χ1n) is 8.66. The minimum absolute atomic E-state index is 0.0234. The number of amides is 1. The minimum atomic E-state index is -0.179. The molecule has 0 heterocycles. The third-order valence-electron chi connectivity index (χ3n) is 3.94. The summed E-state index contributed by atoms with van der Waals surface area (Å²) in [7, 11) is 0. The monoisotopic (exact) mass is 424 g/mol. The van der Waals surface area contributed by atoms with Gasteiger partial charge in [-0.15, -0.1) is 0 Å². The van der Waals surface area contributed by atoms with Crippen LogP contribution in [-0.4, -0.2) is 12.5 Å². The molecule has 5 heteroatoms. The van der Waals surface area contributed by atoms with Crippen LogP contribution >= 0.6 is 15.9 Å². The molecule has 0 radical (unpaired) electrons. The molecule has 0 bridgehead atoms. The summed E-state index contributed by atoms with van der Waals surface area (Å²) >= 11 is 3.43. The van der Waals surface area contributed by atoms with E-state index >= 15 is 0 Å². The molecule has 0 aromatic heterocycles. The van der Waals surface area contributed by atoms with Gasteiger partial charge < -0.3 is 15.4 Å². The molecule has 0 atom stereocenters. The van der Waals surface area contributed by atoms with Gasteiger partial charge in [-0.2, -0.15) is 0 Å². The molecule has 3 rings (SSSR count). The molecule has 4 nitrogen and oxygen atoms in total. The predicted molar refractivity (Wildman–Crippen MR) is 113 cm³/mol. The van der Waals surface area contributed by atoms with E-state index in [1.54, 1.807) is 0 Å². The molecule has 0 unspecified atom stereocenters. The van der Waals surface area contributed by atoms with Crippen molar-refractivity contribution in [3.63, 3.8) is 0 Å². The molecular weight excluding hydrogens is 404 g/mol. The average molecular weight is 425 g/mol. The average Bonchev–Trinajstić information content (AvgIpc) is 2.67. The molecule has 0 aliphatic rings. The molecule has 0 fully saturated rings. The maximum atomic E-state index is 12.0. The third-order valence-corrected chi connectivity index (χ3v) is 4.46. The van der Waals surface area contributed by atoms with Crippen molar-refractivity contribution in [2.24, 2.45) is 0 Å². The minimum Gasteiger partial charge on any atom is -0.484 e. The van der Waals surface area contributed by atoms with Gasteiger partial charge >= 0.3 is 0 Å². The molecule has 27 heavy (non-hydrogen) atoms. The number of carbonyl (C=O) groups is 1. The fraction of sp³-hybridized carbons (Fsp3) is 0.136. The highest BCUT2D eigenvalue weighted by Gasteiger charge is 2.04. The maximum absolute atomic E-state index is 12.0. The summed E-state index contributed by atoms with van der Waals surface area (Å²) in [5.41, 5.74) is 4.07. The lowest BCUT2D eigenvalue weighted by atomic mass is 10.2. The van der Waals surface area contributed by atoms with Crippen molar-refractivity contribution in [3.8, 4) is 5.75 Å². The van der Waals surface area contributed by atoms with Crippen LogP contribution in [0.3, 0.4) is 0 Å². The molecule has 138 valence electrons. The molecule has 3 aromatic rings. The van der Waals surface area contributed by atoms with Crippen molar-refractivity contribution in [1.29, 1.82) is 0 Å². The van der Waals surface area contributed by atoms with Gasteiger partial charge in [0.05, 0.1) is 0 Å². The normalized spacial score (nSPS) is 10.3. The van der Waals surface area contributed by atoms with Crippen molar-refractivity contribution >= 4 is 33.2 Å². The van der Waals surface area contributed by atoms with Crippen molar-refractivity contribution in [3.05, 3.63) is 88.4 Å². The Hall–Kier alpha value is -2.79. The zero-order valence-electron chi connectivity index (χ0n) is 15.0. The van der Waals surface area contributed by atoms with Crippen LogP contribution in [-0.2, 0) is 11.3 Å². The van der Waals surface area contributed by atoms with Gasteiger partial charge in [0, 0.05) is 22.4 Å². The number of nitrogens with one attached hydrogen (secondary N) is 2. The highest BCUT2D eigenvalue weighted by molar-refractivity contribution is 9.10. The number of ether oxygens (including phenoxy) is 1. The van der Waals surface area contributed by atoms with E-state index < -0.39 is 0 Å². The van der Waals surface area contributed by atoms with Crippen LogP contribution in [0.5, 0.6) is 5.75 Å². The summed E-state index contributed by atoms with van der Waals surface area (Å²) in [6, 6.07) is 23.4. The molecule has 0 spiro atoms. The standard InChI is InChI=1S/C22H21BrN2O2/c1-16-3-2-4-20(13-16)25-22(26)15-27-21-11-5-17(6-12-21)14-24-19-9-7-18(23)8-10-19/h2-13,24H,14-15H2,1H3,(H,25,26). The fourth-order valence-corrected chi connectivity index (χ4v) is 2.81. The zero-order valence-corrected chi connectivity index (χ0v) is 16.6. The van der Waals surface area contributed by atoms with E-state index in [-0.39, 0.29) is 12.5 Å². The quantitative estimate of drug-likeness (QED) is 0.534. The predicted octanol–water partition coefficient (Wildman–Crippen LogP) is 5.39. The van der Waals surface area contributed by atoms with Gasteiger partial charge in [-0.05, 0) is 66.6 Å². The summed E-state index contributed by atoms with van der Waals surface area (Å²) in [5.74, 6) is 0.489. The van der Waals surface area contributed by atoms with Gasteiger partial charge in [0.25, 0.3) is 5.91 Å². The van der Waals surface area contributed by atoms with Crippen molar-refractivity contribution in [2.45, 2.75) is 13.5 Å². The number of halogens is 1. The number of aryl methyl sites for hydroxylation is 1. The highest BCUT2D eigenvalue weighted by atomic mass is 79.9. The van der Waals surface area contributed by atoms with E-state index in [1.165, 1.54) is 0 Å². The number of anilines is 2. The van der Waals surface area contributed by atoms with Crippen LogP contribution < -0.4 is 15.4 Å². The number of benzene rings is 3. The van der Waals surface area contributed by atoms with Crippen molar-refractivity contribution in [2.75, 3.05) is 17.2 Å². The summed E-state index contributed by atoms with van der Waals surface area (Å²) in [6.45, 7) is 2.68. The van der Waals surface area contributed by atoms with Gasteiger partial charge in [-0.3, -0.25) is 4.79 Å². The van der Waals surface area contributed by atoms with E-state index in [0.29, 0.717) is 5.75 Å².